The Kier molecular flexibility index (Phi) is 2.34. The molecule has 0 atom stereocenters. The van der Waals surface area contributed by atoms with Gasteiger partial charge in [-0.25, -0.2) is 4.98 Å². The molecule has 0 radical (unpaired) electrons. The Labute approximate surface area is 85.8 Å². The van der Waals surface area contributed by atoms with E-state index in [1.165, 1.54) is 6.07 Å². The van der Waals surface area contributed by atoms with E-state index in [0.29, 0.717) is 17.2 Å². The molecule has 0 aliphatic heterocycles. The Bertz CT molecular complexity index is 527. The van der Waals surface area contributed by atoms with Gasteiger partial charge in [0.1, 0.15) is 5.69 Å². The summed E-state index contributed by atoms with van der Waals surface area (Å²) in [5, 5.41) is 4.14. The summed E-state index contributed by atoms with van der Waals surface area (Å²) < 4.78 is 1.64. The first-order valence-electron chi connectivity index (χ1n) is 4.49. The van der Waals surface area contributed by atoms with Gasteiger partial charge >= 0.3 is 0 Å². The fourth-order valence-electron chi connectivity index (χ4n) is 1.28. The highest BCUT2D eigenvalue weighted by Gasteiger charge is 2.05. The zero-order chi connectivity index (χ0) is 10.8. The van der Waals surface area contributed by atoms with Gasteiger partial charge in [0.15, 0.2) is 5.82 Å². The monoisotopic (exact) mass is 205 g/mol. The highest BCUT2D eigenvalue weighted by atomic mass is 16.1. The first-order valence-corrected chi connectivity index (χ1v) is 4.49. The zero-order valence-corrected chi connectivity index (χ0v) is 8.27. The lowest BCUT2D eigenvalue weighted by Gasteiger charge is -1.98. The molecule has 15 heavy (non-hydrogen) atoms. The van der Waals surface area contributed by atoms with Crippen molar-refractivity contribution in [3.63, 3.8) is 0 Å². The number of hydrogen-bond donors (Lipinski definition) is 2. The molecule has 2 aromatic heterocycles. The zero-order valence-electron chi connectivity index (χ0n) is 8.27. The molecule has 0 unspecified atom stereocenters. The molecule has 0 aliphatic rings. The Hall–Kier alpha value is -1.95. The number of nitrogens with two attached hydrogens (primary N) is 1. The van der Waals surface area contributed by atoms with E-state index in [0.717, 1.165) is 0 Å². The van der Waals surface area contributed by atoms with Crippen LogP contribution in [-0.2, 0) is 13.6 Å². The van der Waals surface area contributed by atoms with Crippen molar-refractivity contribution in [3.8, 4) is 11.5 Å². The second kappa shape index (κ2) is 3.66. The van der Waals surface area contributed by atoms with Crippen LogP contribution in [0, 0.1) is 0 Å². The van der Waals surface area contributed by atoms with Gasteiger partial charge in [0.25, 0.3) is 5.56 Å². The van der Waals surface area contributed by atoms with Crippen molar-refractivity contribution < 1.29 is 0 Å². The predicted octanol–water partition coefficient (Wildman–Crippen LogP) is -0.371. The van der Waals surface area contributed by atoms with Crippen molar-refractivity contribution in [1.29, 1.82) is 0 Å². The van der Waals surface area contributed by atoms with E-state index in [4.69, 9.17) is 5.73 Å². The lowest BCUT2D eigenvalue weighted by atomic mass is 10.3. The summed E-state index contributed by atoms with van der Waals surface area (Å²) in [6.07, 6.45) is 1.78. The van der Waals surface area contributed by atoms with Gasteiger partial charge in [-0.3, -0.25) is 9.48 Å². The average Bonchev–Trinajstić information content (AvgIpc) is 2.64. The van der Waals surface area contributed by atoms with Crippen LogP contribution in [-0.4, -0.2) is 19.7 Å². The van der Waals surface area contributed by atoms with Gasteiger partial charge in [-0.2, -0.15) is 5.10 Å². The summed E-state index contributed by atoms with van der Waals surface area (Å²) in [6, 6.07) is 3.16. The van der Waals surface area contributed by atoms with Crippen molar-refractivity contribution in [3.05, 3.63) is 34.4 Å². The van der Waals surface area contributed by atoms with Gasteiger partial charge in [0.2, 0.25) is 0 Å². The van der Waals surface area contributed by atoms with Crippen LogP contribution in [0.3, 0.4) is 0 Å². The van der Waals surface area contributed by atoms with Crippen molar-refractivity contribution >= 4 is 0 Å². The molecule has 0 saturated carbocycles. The molecule has 0 aliphatic carbocycles. The van der Waals surface area contributed by atoms with Crippen molar-refractivity contribution in [2.24, 2.45) is 12.8 Å². The third-order valence-corrected chi connectivity index (χ3v) is 1.96. The van der Waals surface area contributed by atoms with Gasteiger partial charge in [-0.15, -0.1) is 0 Å². The molecule has 0 spiro atoms. The van der Waals surface area contributed by atoms with Gasteiger partial charge < -0.3 is 10.7 Å². The molecule has 0 aromatic carbocycles. The summed E-state index contributed by atoms with van der Waals surface area (Å²) in [5.74, 6) is 0.448. The maximum Gasteiger partial charge on any atom is 0.251 e. The number of rotatable bonds is 2. The van der Waals surface area contributed by atoms with Gasteiger partial charge in [-0.05, 0) is 6.07 Å². The number of hydrogen-bond acceptors (Lipinski definition) is 4. The summed E-state index contributed by atoms with van der Waals surface area (Å²) in [5.41, 5.74) is 6.40. The molecule has 0 fully saturated rings. The van der Waals surface area contributed by atoms with Crippen LogP contribution in [0.25, 0.3) is 11.5 Å². The molecule has 78 valence electrons. The van der Waals surface area contributed by atoms with E-state index in [1.54, 1.807) is 24.0 Å². The first-order chi connectivity index (χ1) is 7.19. The minimum Gasteiger partial charge on any atom is -0.325 e. The second-order valence-electron chi connectivity index (χ2n) is 3.16. The van der Waals surface area contributed by atoms with E-state index < -0.39 is 0 Å². The second-order valence-corrected chi connectivity index (χ2v) is 3.16. The number of aromatic amines is 1. The standard InChI is InChI=1S/C9H11N5O/c1-14-3-2-7(13-14)9-11-6(5-10)4-8(15)12-9/h2-4H,5,10H2,1H3,(H,11,12,15). The molecule has 6 nitrogen and oxygen atoms in total. The van der Waals surface area contributed by atoms with Crippen LogP contribution in [0.1, 0.15) is 5.69 Å². The summed E-state index contributed by atoms with van der Waals surface area (Å²) in [6.45, 7) is 0.240. The van der Waals surface area contributed by atoms with Crippen LogP contribution in [0.4, 0.5) is 0 Å². The Morgan fingerprint density at radius 3 is 3.00 bits per heavy atom. The number of nitrogens with one attached hydrogen (secondary N) is 1. The molecular weight excluding hydrogens is 194 g/mol. The van der Waals surface area contributed by atoms with Crippen LogP contribution in [0.2, 0.25) is 0 Å². The molecule has 0 saturated heterocycles. The van der Waals surface area contributed by atoms with Gasteiger partial charge in [0.05, 0.1) is 5.69 Å². The highest BCUT2D eigenvalue weighted by molar-refractivity contribution is 5.47. The van der Waals surface area contributed by atoms with Crippen molar-refractivity contribution in [2.75, 3.05) is 0 Å². The SMILES string of the molecule is Cn1ccc(-c2nc(CN)cc(=O)[nH]2)n1. The molecule has 3 N–H and O–H groups in total. The fraction of sp³-hybridized carbons (Fsp3) is 0.222. The smallest absolute Gasteiger partial charge is 0.251 e. The summed E-state index contributed by atoms with van der Waals surface area (Å²) in [7, 11) is 1.80. The maximum atomic E-state index is 11.3. The van der Waals surface area contributed by atoms with Crippen LogP contribution in [0.15, 0.2) is 23.1 Å². The average molecular weight is 205 g/mol. The quantitative estimate of drug-likeness (QED) is 0.700. The molecule has 2 aromatic rings. The third-order valence-electron chi connectivity index (χ3n) is 1.96. The van der Waals surface area contributed by atoms with Crippen LogP contribution < -0.4 is 11.3 Å². The molecule has 2 heterocycles. The summed E-state index contributed by atoms with van der Waals surface area (Å²) in [4.78, 5) is 18.1. The lowest BCUT2D eigenvalue weighted by Crippen LogP contribution is -2.12. The Balaban J connectivity index is 2.53. The summed E-state index contributed by atoms with van der Waals surface area (Å²) >= 11 is 0. The van der Waals surface area contributed by atoms with Crippen molar-refractivity contribution in [1.82, 2.24) is 19.7 Å². The molecular formula is C9H11N5O. The minimum atomic E-state index is -0.217. The lowest BCUT2D eigenvalue weighted by molar-refractivity contribution is 0.767. The number of aryl methyl sites for hydroxylation is 1. The largest absolute Gasteiger partial charge is 0.325 e. The molecule has 6 heteroatoms. The van der Waals surface area contributed by atoms with Gasteiger partial charge in [0, 0.05) is 25.9 Å². The van der Waals surface area contributed by atoms with Crippen molar-refractivity contribution in [2.45, 2.75) is 6.54 Å². The van der Waals surface area contributed by atoms with Gasteiger partial charge in [-0.1, -0.05) is 0 Å². The Morgan fingerprint density at radius 1 is 1.60 bits per heavy atom. The van der Waals surface area contributed by atoms with E-state index >= 15 is 0 Å². The fourth-order valence-corrected chi connectivity index (χ4v) is 1.28. The number of aromatic nitrogens is 4. The molecule has 0 amide bonds. The van der Waals surface area contributed by atoms with E-state index in [9.17, 15) is 4.79 Å². The molecule has 2 rings (SSSR count). The predicted molar refractivity (Wildman–Crippen MR) is 55.0 cm³/mol. The van der Waals surface area contributed by atoms with E-state index in [2.05, 4.69) is 15.1 Å². The first kappa shape index (κ1) is 9.60. The number of nitrogens with zero attached hydrogens (tertiary/aromatic N) is 3. The minimum absolute atomic E-state index is 0.217. The third kappa shape index (κ3) is 1.94. The normalized spacial score (nSPS) is 10.5. The highest BCUT2D eigenvalue weighted by Crippen LogP contribution is 2.09. The maximum absolute atomic E-state index is 11.3. The van der Waals surface area contributed by atoms with E-state index in [-0.39, 0.29) is 12.1 Å². The van der Waals surface area contributed by atoms with E-state index in [1.807, 2.05) is 0 Å². The van der Waals surface area contributed by atoms with Crippen LogP contribution in [0.5, 0.6) is 0 Å². The van der Waals surface area contributed by atoms with Crippen LogP contribution >= 0.6 is 0 Å². The Morgan fingerprint density at radius 2 is 2.40 bits per heavy atom. The molecule has 0 bridgehead atoms. The topological polar surface area (TPSA) is 89.6 Å². The number of H-pyrrole nitrogens is 1.